The average molecular weight is 638 g/mol. The number of carbonyl (C=O) groups excluding carboxylic acids is 3. The smallest absolute Gasteiger partial charge is 0.411 e. The van der Waals surface area contributed by atoms with Gasteiger partial charge in [-0.1, -0.05) is 46.9 Å². The molecule has 3 amide bonds. The summed E-state index contributed by atoms with van der Waals surface area (Å²) >= 11 is 9.83. The number of halogens is 2. The normalized spacial score (nSPS) is 19.2. The van der Waals surface area contributed by atoms with E-state index in [1.54, 1.807) is 24.4 Å². The first-order valence-electron chi connectivity index (χ1n) is 13.5. The summed E-state index contributed by atoms with van der Waals surface area (Å²) in [6.45, 7) is 2.43. The lowest BCUT2D eigenvalue weighted by Gasteiger charge is -2.34. The van der Waals surface area contributed by atoms with Crippen molar-refractivity contribution in [1.82, 2.24) is 9.88 Å². The Morgan fingerprint density at radius 2 is 1.95 bits per heavy atom. The average Bonchev–Trinajstić information content (AvgIpc) is 2.96. The number of pyridine rings is 1. The van der Waals surface area contributed by atoms with Gasteiger partial charge in [0.05, 0.1) is 24.5 Å². The molecule has 0 unspecified atom stereocenters. The summed E-state index contributed by atoms with van der Waals surface area (Å²) in [5, 5.41) is 6.31. The van der Waals surface area contributed by atoms with E-state index in [1.165, 1.54) is 7.11 Å². The van der Waals surface area contributed by atoms with E-state index in [-0.39, 0.29) is 23.8 Å². The first kappa shape index (κ1) is 28.8. The number of amides is 3. The number of nitrogens with zero attached hydrogens (tertiary/aromatic N) is 2. The van der Waals surface area contributed by atoms with E-state index < -0.39 is 6.09 Å². The molecule has 2 N–H and O–H groups in total. The largest absolute Gasteiger partial charge is 0.453 e. The number of hydrogen-bond acceptors (Lipinski definition) is 5. The number of methoxy groups -OCH3 is 1. The topological polar surface area (TPSA) is 101 Å². The van der Waals surface area contributed by atoms with Crippen molar-refractivity contribution in [3.05, 3.63) is 81.6 Å². The molecule has 41 heavy (non-hydrogen) atoms. The third-order valence-electron chi connectivity index (χ3n) is 7.56. The molecule has 3 heterocycles. The standard InChI is InChI=1S/C31H30BrClN4O4/c1-18-4-3-5-28(37-13-11-20(15-29(37)38)24-16-21(33)6-9-25(24)32)27-14-19(10-12-34-27)23-8-7-22(35-31(40)41-2)17-26(23)36-30(18)39/h6-10,12,14-18,28H,3-5,11,13H2,1-2H3,(H,35,40)(H,36,39)/t18-,28+/m1/s1. The molecule has 10 heteroatoms. The summed E-state index contributed by atoms with van der Waals surface area (Å²) in [6.07, 6.45) is 5.58. The van der Waals surface area contributed by atoms with E-state index in [0.29, 0.717) is 42.2 Å². The van der Waals surface area contributed by atoms with Gasteiger partial charge in [-0.05, 0) is 78.4 Å². The number of carbonyl (C=O) groups is 3. The minimum absolute atomic E-state index is 0.0767. The van der Waals surface area contributed by atoms with Gasteiger partial charge in [0.15, 0.2) is 0 Å². The summed E-state index contributed by atoms with van der Waals surface area (Å²) in [5.74, 6) is -0.441. The monoisotopic (exact) mass is 636 g/mol. The summed E-state index contributed by atoms with van der Waals surface area (Å²) in [7, 11) is 1.29. The molecular weight excluding hydrogens is 608 g/mol. The van der Waals surface area contributed by atoms with Gasteiger partial charge >= 0.3 is 6.09 Å². The molecule has 0 radical (unpaired) electrons. The van der Waals surface area contributed by atoms with Gasteiger partial charge in [-0.3, -0.25) is 19.9 Å². The van der Waals surface area contributed by atoms with Crippen LogP contribution in [0.1, 0.15) is 49.9 Å². The second-order valence-corrected chi connectivity index (χ2v) is 11.5. The molecule has 8 nitrogen and oxygen atoms in total. The highest BCUT2D eigenvalue weighted by Crippen LogP contribution is 2.38. The Hall–Kier alpha value is -3.69. The molecule has 1 aromatic heterocycles. The predicted molar refractivity (Wildman–Crippen MR) is 164 cm³/mol. The Bertz CT molecular complexity index is 1540. The van der Waals surface area contributed by atoms with Gasteiger partial charge in [-0.25, -0.2) is 4.79 Å². The van der Waals surface area contributed by atoms with E-state index in [4.69, 9.17) is 21.3 Å². The quantitative estimate of drug-likeness (QED) is 0.311. The minimum atomic E-state index is -0.599. The van der Waals surface area contributed by atoms with Crippen molar-refractivity contribution >= 4 is 62.4 Å². The number of aromatic nitrogens is 1. The maximum Gasteiger partial charge on any atom is 0.411 e. The number of fused-ring (bicyclic) bond motifs is 4. The molecule has 0 spiro atoms. The van der Waals surface area contributed by atoms with Gasteiger partial charge < -0.3 is 15.0 Å². The zero-order valence-corrected chi connectivity index (χ0v) is 25.1. The number of anilines is 2. The molecule has 2 aliphatic heterocycles. The number of nitrogens with one attached hydrogen (secondary N) is 2. The molecule has 2 bridgehead atoms. The van der Waals surface area contributed by atoms with E-state index in [0.717, 1.165) is 38.9 Å². The van der Waals surface area contributed by atoms with E-state index in [1.807, 2.05) is 48.2 Å². The van der Waals surface area contributed by atoms with Crippen molar-refractivity contribution in [2.75, 3.05) is 24.3 Å². The minimum Gasteiger partial charge on any atom is -0.453 e. The Kier molecular flexibility index (Phi) is 8.75. The van der Waals surface area contributed by atoms with Crippen LogP contribution in [0, 0.1) is 5.92 Å². The third-order valence-corrected chi connectivity index (χ3v) is 8.49. The van der Waals surface area contributed by atoms with Gasteiger partial charge in [0.25, 0.3) is 0 Å². The molecule has 2 aliphatic rings. The molecule has 2 aromatic carbocycles. The fourth-order valence-electron chi connectivity index (χ4n) is 5.33. The number of hydrogen-bond donors (Lipinski definition) is 2. The van der Waals surface area contributed by atoms with Crippen molar-refractivity contribution in [2.45, 2.75) is 38.6 Å². The van der Waals surface area contributed by atoms with Crippen molar-refractivity contribution < 1.29 is 19.1 Å². The third kappa shape index (κ3) is 6.47. The summed E-state index contributed by atoms with van der Waals surface area (Å²) in [4.78, 5) is 45.1. The SMILES string of the molecule is COC(=O)Nc1ccc2c(c1)NC(=O)[C@H](C)CCC[C@H](N1CCC(c3cc(Cl)ccc3Br)=CC1=O)c1cc-2ccn1. The lowest BCUT2D eigenvalue weighted by Crippen LogP contribution is -2.38. The maximum atomic E-state index is 13.6. The van der Waals surface area contributed by atoms with Crippen LogP contribution < -0.4 is 10.6 Å². The highest BCUT2D eigenvalue weighted by molar-refractivity contribution is 9.10. The van der Waals surface area contributed by atoms with Crippen molar-refractivity contribution in [1.29, 1.82) is 0 Å². The van der Waals surface area contributed by atoms with Crippen LogP contribution in [0.4, 0.5) is 16.2 Å². The van der Waals surface area contributed by atoms with Crippen molar-refractivity contribution in [3.63, 3.8) is 0 Å². The first-order chi connectivity index (χ1) is 19.7. The van der Waals surface area contributed by atoms with Gasteiger partial charge in [-0.15, -0.1) is 0 Å². The second kappa shape index (κ2) is 12.4. The second-order valence-electron chi connectivity index (χ2n) is 10.3. The molecule has 212 valence electrons. The van der Waals surface area contributed by atoms with Crippen LogP contribution in [-0.4, -0.2) is 41.4 Å². The Morgan fingerprint density at radius 3 is 2.73 bits per heavy atom. The zero-order chi connectivity index (χ0) is 29.1. The molecule has 0 aliphatic carbocycles. The van der Waals surface area contributed by atoms with Crippen LogP contribution in [0.3, 0.4) is 0 Å². The number of ether oxygens (including phenoxy) is 1. The Balaban J connectivity index is 1.51. The molecule has 5 rings (SSSR count). The van der Waals surface area contributed by atoms with E-state index in [2.05, 4.69) is 26.6 Å². The van der Waals surface area contributed by atoms with Crippen LogP contribution in [0.5, 0.6) is 0 Å². The van der Waals surface area contributed by atoms with E-state index >= 15 is 0 Å². The molecular formula is C31H30BrClN4O4. The van der Waals surface area contributed by atoms with Crippen molar-refractivity contribution in [2.24, 2.45) is 5.92 Å². The van der Waals surface area contributed by atoms with Crippen LogP contribution in [-0.2, 0) is 14.3 Å². The van der Waals surface area contributed by atoms with Crippen LogP contribution >= 0.6 is 27.5 Å². The van der Waals surface area contributed by atoms with Gasteiger partial charge in [0.2, 0.25) is 11.8 Å². The molecule has 0 saturated carbocycles. The zero-order valence-electron chi connectivity index (χ0n) is 22.7. The molecule has 2 atom stereocenters. The van der Waals surface area contributed by atoms with Gasteiger partial charge in [-0.2, -0.15) is 0 Å². The number of benzene rings is 2. The highest BCUT2D eigenvalue weighted by atomic mass is 79.9. The maximum absolute atomic E-state index is 13.6. The predicted octanol–water partition coefficient (Wildman–Crippen LogP) is 7.46. The lowest BCUT2D eigenvalue weighted by atomic mass is 9.93. The molecule has 0 saturated heterocycles. The molecule has 0 fully saturated rings. The summed E-state index contributed by atoms with van der Waals surface area (Å²) < 4.78 is 5.61. The van der Waals surface area contributed by atoms with Gasteiger partial charge in [0, 0.05) is 45.5 Å². The summed E-state index contributed by atoms with van der Waals surface area (Å²) in [5.41, 5.74) is 5.33. The van der Waals surface area contributed by atoms with Crippen LogP contribution in [0.2, 0.25) is 5.02 Å². The van der Waals surface area contributed by atoms with E-state index in [9.17, 15) is 14.4 Å². The summed E-state index contributed by atoms with van der Waals surface area (Å²) in [6, 6.07) is 14.5. The number of rotatable bonds is 3. The van der Waals surface area contributed by atoms with Crippen LogP contribution in [0.25, 0.3) is 16.7 Å². The first-order valence-corrected chi connectivity index (χ1v) is 14.6. The highest BCUT2D eigenvalue weighted by Gasteiger charge is 2.30. The lowest BCUT2D eigenvalue weighted by molar-refractivity contribution is -0.129. The fraction of sp³-hybridized carbons (Fsp3) is 0.290. The molecule has 3 aromatic rings. The van der Waals surface area contributed by atoms with Crippen LogP contribution in [0.15, 0.2) is 65.3 Å². The van der Waals surface area contributed by atoms with Crippen molar-refractivity contribution in [3.8, 4) is 11.1 Å². The fourth-order valence-corrected chi connectivity index (χ4v) is 6.01. The Labute approximate surface area is 252 Å². The van der Waals surface area contributed by atoms with Gasteiger partial charge in [0.1, 0.15) is 0 Å². The Morgan fingerprint density at radius 1 is 1.12 bits per heavy atom.